The Kier molecular flexibility index (Phi) is 3.72. The summed E-state index contributed by atoms with van der Waals surface area (Å²) >= 11 is 3.52. The van der Waals surface area contributed by atoms with Crippen LogP contribution in [0.2, 0.25) is 0 Å². The first kappa shape index (κ1) is 13.3. The summed E-state index contributed by atoms with van der Waals surface area (Å²) < 4.78 is 13.1. The van der Waals surface area contributed by atoms with Gasteiger partial charge < -0.3 is 15.2 Å². The van der Waals surface area contributed by atoms with Gasteiger partial charge in [-0.3, -0.25) is 0 Å². The minimum absolute atomic E-state index is 0.0930. The zero-order chi connectivity index (χ0) is 13.3. The fourth-order valence-corrected chi connectivity index (χ4v) is 3.58. The lowest BCUT2D eigenvalue weighted by Crippen LogP contribution is -2.41. The molecule has 2 N–H and O–H groups in total. The van der Waals surface area contributed by atoms with Gasteiger partial charge in [0, 0.05) is 24.6 Å². The average Bonchev–Trinajstić information content (AvgIpc) is 2.82. The number of anilines is 1. The van der Waals surface area contributed by atoms with E-state index in [9.17, 15) is 0 Å². The summed E-state index contributed by atoms with van der Waals surface area (Å²) in [5.74, 6) is 0.847. The standard InChI is InChI=1S/C15H20BrNO2/c16-13-4-3-11(17)9-14(13)19-12-5-8-18-15(10-12)6-1-2-7-15/h3-4,9,12H,1-2,5-8,10,17H2. The maximum Gasteiger partial charge on any atom is 0.135 e. The summed E-state index contributed by atoms with van der Waals surface area (Å²) in [6.45, 7) is 0.810. The topological polar surface area (TPSA) is 44.5 Å². The van der Waals surface area contributed by atoms with Crippen molar-refractivity contribution in [1.82, 2.24) is 0 Å². The lowest BCUT2D eigenvalue weighted by atomic mass is 9.90. The molecule has 1 aromatic carbocycles. The molecule has 1 heterocycles. The summed E-state index contributed by atoms with van der Waals surface area (Å²) in [7, 11) is 0. The van der Waals surface area contributed by atoms with Crippen molar-refractivity contribution in [1.29, 1.82) is 0 Å². The third-order valence-electron chi connectivity index (χ3n) is 4.21. The van der Waals surface area contributed by atoms with Crippen LogP contribution in [0.3, 0.4) is 0 Å². The van der Waals surface area contributed by atoms with E-state index in [2.05, 4.69) is 15.9 Å². The van der Waals surface area contributed by atoms with Crippen LogP contribution in [0.1, 0.15) is 38.5 Å². The zero-order valence-corrected chi connectivity index (χ0v) is 12.6. The predicted octanol–water partition coefficient (Wildman–Crippen LogP) is 3.90. The Balaban J connectivity index is 1.70. The summed E-state index contributed by atoms with van der Waals surface area (Å²) in [5.41, 5.74) is 6.65. The third kappa shape index (κ3) is 2.90. The fraction of sp³-hybridized carbons (Fsp3) is 0.600. The van der Waals surface area contributed by atoms with E-state index in [1.807, 2.05) is 18.2 Å². The quantitative estimate of drug-likeness (QED) is 0.838. The number of hydrogen-bond donors (Lipinski definition) is 1. The van der Waals surface area contributed by atoms with Crippen LogP contribution < -0.4 is 10.5 Å². The van der Waals surface area contributed by atoms with Crippen LogP contribution >= 0.6 is 15.9 Å². The fourth-order valence-electron chi connectivity index (χ4n) is 3.24. The van der Waals surface area contributed by atoms with Crippen molar-refractivity contribution < 1.29 is 9.47 Å². The van der Waals surface area contributed by atoms with E-state index in [-0.39, 0.29) is 11.7 Å². The zero-order valence-electron chi connectivity index (χ0n) is 11.0. The Morgan fingerprint density at radius 1 is 1.32 bits per heavy atom. The van der Waals surface area contributed by atoms with Crippen molar-refractivity contribution in [3.63, 3.8) is 0 Å². The van der Waals surface area contributed by atoms with E-state index >= 15 is 0 Å². The van der Waals surface area contributed by atoms with Gasteiger partial charge in [-0.2, -0.15) is 0 Å². The molecule has 1 saturated carbocycles. The number of halogens is 1. The molecule has 1 aromatic rings. The van der Waals surface area contributed by atoms with Gasteiger partial charge in [0.15, 0.2) is 0 Å². The number of nitrogens with two attached hydrogens (primary N) is 1. The first-order chi connectivity index (χ1) is 9.17. The molecular weight excluding hydrogens is 306 g/mol. The van der Waals surface area contributed by atoms with Crippen LogP contribution in [0.15, 0.2) is 22.7 Å². The molecule has 0 aromatic heterocycles. The summed E-state index contributed by atoms with van der Waals surface area (Å²) in [5, 5.41) is 0. The highest BCUT2D eigenvalue weighted by Crippen LogP contribution is 2.41. The Morgan fingerprint density at radius 2 is 2.11 bits per heavy atom. The molecule has 4 heteroatoms. The molecule has 3 rings (SSSR count). The number of ether oxygens (including phenoxy) is 2. The molecular formula is C15H20BrNO2. The minimum Gasteiger partial charge on any atom is -0.489 e. The van der Waals surface area contributed by atoms with Crippen molar-refractivity contribution in [3.05, 3.63) is 22.7 Å². The number of benzene rings is 1. The van der Waals surface area contributed by atoms with Crippen LogP contribution in [-0.2, 0) is 4.74 Å². The largest absolute Gasteiger partial charge is 0.489 e. The minimum atomic E-state index is 0.0930. The highest BCUT2D eigenvalue weighted by Gasteiger charge is 2.40. The molecule has 104 valence electrons. The molecule has 2 aliphatic rings. The van der Waals surface area contributed by atoms with E-state index in [1.165, 1.54) is 25.7 Å². The number of nitrogen functional groups attached to an aromatic ring is 1. The molecule has 1 unspecified atom stereocenters. The van der Waals surface area contributed by atoms with Crippen LogP contribution in [0.4, 0.5) is 5.69 Å². The van der Waals surface area contributed by atoms with Crippen LogP contribution in [-0.4, -0.2) is 18.3 Å². The van der Waals surface area contributed by atoms with Crippen molar-refractivity contribution in [2.45, 2.75) is 50.2 Å². The first-order valence-corrected chi connectivity index (χ1v) is 7.82. The molecule has 19 heavy (non-hydrogen) atoms. The average molecular weight is 326 g/mol. The van der Waals surface area contributed by atoms with E-state index < -0.39 is 0 Å². The highest BCUT2D eigenvalue weighted by atomic mass is 79.9. The van der Waals surface area contributed by atoms with Gasteiger partial charge in [0.1, 0.15) is 11.9 Å². The highest BCUT2D eigenvalue weighted by molar-refractivity contribution is 9.10. The normalized spacial score (nSPS) is 25.6. The second-order valence-electron chi connectivity index (χ2n) is 5.66. The number of rotatable bonds is 2. The van der Waals surface area contributed by atoms with Gasteiger partial charge >= 0.3 is 0 Å². The van der Waals surface area contributed by atoms with Crippen molar-refractivity contribution in [2.24, 2.45) is 0 Å². The lowest BCUT2D eigenvalue weighted by molar-refractivity contribution is -0.108. The van der Waals surface area contributed by atoms with Crippen molar-refractivity contribution >= 4 is 21.6 Å². The summed E-state index contributed by atoms with van der Waals surface area (Å²) in [6, 6.07) is 5.70. The Bertz CT molecular complexity index is 457. The second-order valence-corrected chi connectivity index (χ2v) is 6.52. The third-order valence-corrected chi connectivity index (χ3v) is 4.87. The molecule has 1 atom stereocenters. The van der Waals surface area contributed by atoms with E-state index in [0.29, 0.717) is 0 Å². The smallest absolute Gasteiger partial charge is 0.135 e. The second kappa shape index (κ2) is 5.33. The predicted molar refractivity (Wildman–Crippen MR) is 79.4 cm³/mol. The van der Waals surface area contributed by atoms with Crippen LogP contribution in [0.5, 0.6) is 5.75 Å². The molecule has 1 saturated heterocycles. The van der Waals surface area contributed by atoms with Gasteiger partial charge in [0.25, 0.3) is 0 Å². The van der Waals surface area contributed by atoms with Gasteiger partial charge in [-0.05, 0) is 40.9 Å². The molecule has 0 radical (unpaired) electrons. The SMILES string of the molecule is Nc1ccc(Br)c(OC2CCOC3(CCCC3)C2)c1. The lowest BCUT2D eigenvalue weighted by Gasteiger charge is -2.38. The monoisotopic (exact) mass is 325 g/mol. The number of hydrogen-bond acceptors (Lipinski definition) is 3. The maximum absolute atomic E-state index is 6.15. The van der Waals surface area contributed by atoms with E-state index in [4.69, 9.17) is 15.2 Å². The molecule has 1 aliphatic carbocycles. The first-order valence-electron chi connectivity index (χ1n) is 7.03. The van der Waals surface area contributed by atoms with Gasteiger partial charge in [0.2, 0.25) is 0 Å². The van der Waals surface area contributed by atoms with Crippen LogP contribution in [0, 0.1) is 0 Å². The molecule has 3 nitrogen and oxygen atoms in total. The molecule has 2 fully saturated rings. The van der Waals surface area contributed by atoms with Crippen LogP contribution in [0.25, 0.3) is 0 Å². The Morgan fingerprint density at radius 3 is 2.89 bits per heavy atom. The van der Waals surface area contributed by atoms with Crippen molar-refractivity contribution in [3.8, 4) is 5.75 Å². The van der Waals surface area contributed by atoms with Crippen molar-refractivity contribution in [2.75, 3.05) is 12.3 Å². The van der Waals surface area contributed by atoms with Gasteiger partial charge in [-0.25, -0.2) is 0 Å². The van der Waals surface area contributed by atoms with E-state index in [0.717, 1.165) is 35.4 Å². The van der Waals surface area contributed by atoms with Gasteiger partial charge in [0.05, 0.1) is 16.7 Å². The molecule has 0 amide bonds. The summed E-state index contributed by atoms with van der Waals surface area (Å²) in [6.07, 6.45) is 7.15. The van der Waals surface area contributed by atoms with Gasteiger partial charge in [-0.1, -0.05) is 12.8 Å². The van der Waals surface area contributed by atoms with E-state index in [1.54, 1.807) is 0 Å². The Hall–Kier alpha value is -0.740. The molecule has 1 spiro atoms. The molecule has 1 aliphatic heterocycles. The summed E-state index contributed by atoms with van der Waals surface area (Å²) in [4.78, 5) is 0. The maximum atomic E-state index is 6.15. The van der Waals surface area contributed by atoms with Gasteiger partial charge in [-0.15, -0.1) is 0 Å². The Labute approximate surface area is 122 Å². The molecule has 0 bridgehead atoms.